The molecule has 1 unspecified atom stereocenters. The SMILES string of the molecule is CC(C(=O)Nc1ccc(F)c(F)c1)n1nc(C2CC2)ccc1=O. The fraction of sp³-hybridized carbons (Fsp3) is 0.312. The molecule has 0 radical (unpaired) electrons. The van der Waals surface area contributed by atoms with Crippen LogP contribution in [0.5, 0.6) is 0 Å². The summed E-state index contributed by atoms with van der Waals surface area (Å²) in [5, 5.41) is 6.69. The smallest absolute Gasteiger partial charge is 0.267 e. The quantitative estimate of drug-likeness (QED) is 0.942. The second-order valence-corrected chi connectivity index (χ2v) is 5.61. The van der Waals surface area contributed by atoms with Gasteiger partial charge in [0.25, 0.3) is 5.56 Å². The van der Waals surface area contributed by atoms with Crippen LogP contribution in [0.3, 0.4) is 0 Å². The zero-order valence-electron chi connectivity index (χ0n) is 12.4. The first-order valence-electron chi connectivity index (χ1n) is 7.31. The van der Waals surface area contributed by atoms with Gasteiger partial charge in [0, 0.05) is 23.7 Å². The van der Waals surface area contributed by atoms with Crippen LogP contribution >= 0.6 is 0 Å². The Balaban J connectivity index is 1.80. The molecule has 7 heteroatoms. The van der Waals surface area contributed by atoms with Gasteiger partial charge >= 0.3 is 0 Å². The number of anilines is 1. The third-order valence-electron chi connectivity index (χ3n) is 3.77. The number of halogens is 2. The van der Waals surface area contributed by atoms with Gasteiger partial charge in [0.2, 0.25) is 5.91 Å². The van der Waals surface area contributed by atoms with Crippen LogP contribution in [0.25, 0.3) is 0 Å². The average molecular weight is 319 g/mol. The van der Waals surface area contributed by atoms with Crippen LogP contribution in [-0.4, -0.2) is 15.7 Å². The minimum atomic E-state index is -1.05. The van der Waals surface area contributed by atoms with Crippen molar-refractivity contribution in [2.45, 2.75) is 31.7 Å². The van der Waals surface area contributed by atoms with E-state index in [0.717, 1.165) is 35.4 Å². The summed E-state index contributed by atoms with van der Waals surface area (Å²) in [7, 11) is 0. The van der Waals surface area contributed by atoms with Crippen molar-refractivity contribution in [2.24, 2.45) is 0 Å². The van der Waals surface area contributed by atoms with Crippen LogP contribution in [0.15, 0.2) is 35.1 Å². The van der Waals surface area contributed by atoms with Gasteiger partial charge in [-0.1, -0.05) is 0 Å². The molecule has 1 aromatic carbocycles. The molecular formula is C16H15F2N3O2. The summed E-state index contributed by atoms with van der Waals surface area (Å²) in [6, 6.07) is 5.26. The Morgan fingerprint density at radius 1 is 1.26 bits per heavy atom. The van der Waals surface area contributed by atoms with Crippen LogP contribution in [0.1, 0.15) is 37.4 Å². The van der Waals surface area contributed by atoms with Crippen molar-refractivity contribution in [3.8, 4) is 0 Å². The van der Waals surface area contributed by atoms with Crippen molar-refractivity contribution in [1.82, 2.24) is 9.78 Å². The number of hydrogen-bond donors (Lipinski definition) is 1. The van der Waals surface area contributed by atoms with E-state index in [1.807, 2.05) is 0 Å². The number of nitrogens with one attached hydrogen (secondary N) is 1. The number of benzene rings is 1. The zero-order valence-corrected chi connectivity index (χ0v) is 12.4. The maximum Gasteiger partial charge on any atom is 0.267 e. The molecule has 3 rings (SSSR count). The maximum atomic E-state index is 13.2. The van der Waals surface area contributed by atoms with Gasteiger partial charge in [0.1, 0.15) is 6.04 Å². The summed E-state index contributed by atoms with van der Waals surface area (Å²) >= 11 is 0. The Kier molecular flexibility index (Phi) is 3.94. The largest absolute Gasteiger partial charge is 0.324 e. The minimum absolute atomic E-state index is 0.118. The van der Waals surface area contributed by atoms with Crippen LogP contribution in [0, 0.1) is 11.6 Å². The van der Waals surface area contributed by atoms with Crippen LogP contribution in [0.4, 0.5) is 14.5 Å². The molecule has 5 nitrogen and oxygen atoms in total. The monoisotopic (exact) mass is 319 g/mol. The van der Waals surface area contributed by atoms with Gasteiger partial charge in [-0.25, -0.2) is 13.5 Å². The fourth-order valence-corrected chi connectivity index (χ4v) is 2.25. The lowest BCUT2D eigenvalue weighted by atomic mass is 10.2. The van der Waals surface area contributed by atoms with Gasteiger partial charge in [-0.2, -0.15) is 5.10 Å². The van der Waals surface area contributed by atoms with E-state index in [1.165, 1.54) is 19.1 Å². The molecule has 1 aromatic heterocycles. The van der Waals surface area contributed by atoms with Crippen molar-refractivity contribution in [1.29, 1.82) is 0 Å². The third-order valence-corrected chi connectivity index (χ3v) is 3.77. The Morgan fingerprint density at radius 3 is 2.65 bits per heavy atom. The van der Waals surface area contributed by atoms with Crippen LogP contribution in [-0.2, 0) is 4.79 Å². The van der Waals surface area contributed by atoms with Gasteiger partial charge in [0.05, 0.1) is 5.69 Å². The van der Waals surface area contributed by atoms with E-state index >= 15 is 0 Å². The summed E-state index contributed by atoms with van der Waals surface area (Å²) in [4.78, 5) is 24.2. The molecule has 0 aliphatic heterocycles. The van der Waals surface area contributed by atoms with Gasteiger partial charge in [-0.3, -0.25) is 9.59 Å². The first kappa shape index (κ1) is 15.3. The van der Waals surface area contributed by atoms with E-state index in [-0.39, 0.29) is 11.2 Å². The summed E-state index contributed by atoms with van der Waals surface area (Å²) in [6.07, 6.45) is 2.06. The van der Waals surface area contributed by atoms with Crippen LogP contribution in [0.2, 0.25) is 0 Å². The number of hydrogen-bond acceptors (Lipinski definition) is 3. The molecule has 0 spiro atoms. The number of nitrogens with zero attached hydrogens (tertiary/aromatic N) is 2. The molecule has 1 aliphatic rings. The highest BCUT2D eigenvalue weighted by Crippen LogP contribution is 2.38. The summed E-state index contributed by atoms with van der Waals surface area (Å²) in [5.74, 6) is -2.23. The molecule has 120 valence electrons. The maximum absolute atomic E-state index is 13.2. The highest BCUT2D eigenvalue weighted by Gasteiger charge is 2.27. The van der Waals surface area contributed by atoms with Crippen molar-refractivity contribution in [3.05, 3.63) is 58.0 Å². The number of rotatable bonds is 4. The molecule has 0 bridgehead atoms. The fourth-order valence-electron chi connectivity index (χ4n) is 2.25. The lowest BCUT2D eigenvalue weighted by Crippen LogP contribution is -2.33. The van der Waals surface area contributed by atoms with E-state index in [1.54, 1.807) is 6.07 Å². The van der Waals surface area contributed by atoms with Crippen molar-refractivity contribution >= 4 is 11.6 Å². The predicted molar refractivity (Wildman–Crippen MR) is 80.2 cm³/mol. The molecule has 1 N–H and O–H groups in total. The van der Waals surface area contributed by atoms with E-state index in [2.05, 4.69) is 10.4 Å². The average Bonchev–Trinajstić information content (AvgIpc) is 3.35. The number of amides is 1. The molecule has 1 fully saturated rings. The lowest BCUT2D eigenvalue weighted by Gasteiger charge is -2.15. The first-order chi connectivity index (χ1) is 11.0. The van der Waals surface area contributed by atoms with Gasteiger partial charge in [-0.15, -0.1) is 0 Å². The lowest BCUT2D eigenvalue weighted by molar-refractivity contribution is -0.119. The van der Waals surface area contributed by atoms with E-state index < -0.39 is 23.6 Å². The second kappa shape index (κ2) is 5.91. The highest BCUT2D eigenvalue weighted by molar-refractivity contribution is 5.93. The van der Waals surface area contributed by atoms with Crippen molar-refractivity contribution < 1.29 is 13.6 Å². The van der Waals surface area contributed by atoms with E-state index in [4.69, 9.17) is 0 Å². The topological polar surface area (TPSA) is 64.0 Å². The zero-order chi connectivity index (χ0) is 16.6. The molecular weight excluding hydrogens is 304 g/mol. The predicted octanol–water partition coefficient (Wildman–Crippen LogP) is 2.60. The molecule has 23 heavy (non-hydrogen) atoms. The van der Waals surface area contributed by atoms with Gasteiger partial charge in [0.15, 0.2) is 11.6 Å². The Hall–Kier alpha value is -2.57. The number of carbonyl (C=O) groups is 1. The molecule has 1 atom stereocenters. The summed E-state index contributed by atoms with van der Waals surface area (Å²) in [6.45, 7) is 1.53. The second-order valence-electron chi connectivity index (χ2n) is 5.61. The minimum Gasteiger partial charge on any atom is -0.324 e. The molecule has 1 aliphatic carbocycles. The van der Waals surface area contributed by atoms with Crippen LogP contribution < -0.4 is 10.9 Å². The molecule has 2 aromatic rings. The molecule has 0 saturated heterocycles. The highest BCUT2D eigenvalue weighted by atomic mass is 19.2. The van der Waals surface area contributed by atoms with Gasteiger partial charge in [-0.05, 0) is 38.0 Å². The Bertz CT molecular complexity index is 815. The first-order valence-corrected chi connectivity index (χ1v) is 7.31. The standard InChI is InChI=1S/C16H15F2N3O2/c1-9(16(23)19-11-4-5-12(17)13(18)8-11)21-15(22)7-6-14(20-21)10-2-3-10/h4-10H,2-3H2,1H3,(H,19,23). The Labute approximate surface area is 130 Å². The van der Waals surface area contributed by atoms with Crippen molar-refractivity contribution in [2.75, 3.05) is 5.32 Å². The Morgan fingerprint density at radius 2 is 2.00 bits per heavy atom. The molecule has 1 heterocycles. The number of carbonyl (C=O) groups excluding carboxylic acids is 1. The van der Waals surface area contributed by atoms with E-state index in [9.17, 15) is 18.4 Å². The molecule has 1 amide bonds. The summed E-state index contributed by atoms with van der Waals surface area (Å²) < 4.78 is 27.2. The molecule has 1 saturated carbocycles. The van der Waals surface area contributed by atoms with Crippen molar-refractivity contribution in [3.63, 3.8) is 0 Å². The van der Waals surface area contributed by atoms with E-state index in [0.29, 0.717) is 5.92 Å². The number of aromatic nitrogens is 2. The third kappa shape index (κ3) is 3.28. The summed E-state index contributed by atoms with van der Waals surface area (Å²) in [5.41, 5.74) is 0.520. The van der Waals surface area contributed by atoms with Gasteiger partial charge < -0.3 is 5.32 Å². The normalized spacial score (nSPS) is 15.3.